The fourth-order valence-electron chi connectivity index (χ4n) is 9.89. The molecule has 4 heteroatoms. The fourth-order valence-corrected chi connectivity index (χ4v) is 9.89. The predicted octanol–water partition coefficient (Wildman–Crippen LogP) is 15.3. The SMILES string of the molecule is CC1(C)c2ccccc2-c2cc3c4ccccc4n(-c4ccc(-c5nc(-c6ccccc6)nc(-c6ccccc6)n5)cc4-c4ccc(-c5ccccc5)cc4-c4ccccc4)c3cc21. The summed E-state index contributed by atoms with van der Waals surface area (Å²) in [5.41, 5.74) is 18.2. The number of aromatic nitrogens is 4. The van der Waals surface area contributed by atoms with Crippen LogP contribution in [0.4, 0.5) is 0 Å². The van der Waals surface area contributed by atoms with Crippen molar-refractivity contribution in [3.63, 3.8) is 0 Å². The lowest BCUT2D eigenvalue weighted by Crippen LogP contribution is -2.15. The van der Waals surface area contributed by atoms with Crippen LogP contribution in [0.3, 0.4) is 0 Å². The molecule has 1 aliphatic rings. The molecule has 0 bridgehead atoms. The number of nitrogens with zero attached hydrogens (tertiary/aromatic N) is 4. The van der Waals surface area contributed by atoms with E-state index in [1.165, 1.54) is 44.1 Å². The third kappa shape index (κ3) is 6.18. The highest BCUT2D eigenvalue weighted by Gasteiger charge is 2.36. The number of hydrogen-bond donors (Lipinski definition) is 0. The number of para-hydroxylation sites is 1. The summed E-state index contributed by atoms with van der Waals surface area (Å²) in [6.45, 7) is 4.72. The van der Waals surface area contributed by atoms with Gasteiger partial charge >= 0.3 is 0 Å². The monoisotopic (exact) mass is 818 g/mol. The maximum atomic E-state index is 5.21. The van der Waals surface area contributed by atoms with Gasteiger partial charge in [-0.15, -0.1) is 0 Å². The van der Waals surface area contributed by atoms with Crippen molar-refractivity contribution in [3.8, 4) is 84.4 Å². The first-order valence-corrected chi connectivity index (χ1v) is 21.9. The van der Waals surface area contributed by atoms with Gasteiger partial charge in [-0.3, -0.25) is 0 Å². The topological polar surface area (TPSA) is 43.6 Å². The van der Waals surface area contributed by atoms with Gasteiger partial charge in [0.2, 0.25) is 0 Å². The van der Waals surface area contributed by atoms with E-state index in [0.29, 0.717) is 17.5 Å². The van der Waals surface area contributed by atoms with E-state index in [1.807, 2.05) is 36.4 Å². The van der Waals surface area contributed by atoms with Crippen molar-refractivity contribution in [3.05, 3.63) is 230 Å². The zero-order chi connectivity index (χ0) is 42.8. The van der Waals surface area contributed by atoms with Crippen LogP contribution in [0, 0.1) is 0 Å². The molecule has 0 aliphatic heterocycles. The van der Waals surface area contributed by atoms with Crippen molar-refractivity contribution in [1.29, 1.82) is 0 Å². The van der Waals surface area contributed by atoms with Crippen molar-refractivity contribution >= 4 is 21.8 Å². The van der Waals surface area contributed by atoms with Crippen LogP contribution in [-0.4, -0.2) is 19.5 Å². The van der Waals surface area contributed by atoms with E-state index < -0.39 is 0 Å². The molecule has 64 heavy (non-hydrogen) atoms. The van der Waals surface area contributed by atoms with E-state index in [1.54, 1.807) is 0 Å². The van der Waals surface area contributed by atoms with Crippen LogP contribution in [0.15, 0.2) is 218 Å². The van der Waals surface area contributed by atoms with Crippen LogP contribution in [0.25, 0.3) is 106 Å². The van der Waals surface area contributed by atoms with Gasteiger partial charge in [0.05, 0.1) is 16.7 Å². The molecule has 0 amide bonds. The van der Waals surface area contributed by atoms with Crippen LogP contribution in [-0.2, 0) is 5.41 Å². The van der Waals surface area contributed by atoms with E-state index in [0.717, 1.165) is 55.7 Å². The van der Waals surface area contributed by atoms with E-state index in [2.05, 4.69) is 200 Å². The molecule has 302 valence electrons. The Hall–Kier alpha value is -8.21. The molecule has 0 N–H and O–H groups in total. The third-order valence-electron chi connectivity index (χ3n) is 13.1. The van der Waals surface area contributed by atoms with Gasteiger partial charge in [-0.2, -0.15) is 0 Å². The maximum absolute atomic E-state index is 5.21. The van der Waals surface area contributed by atoms with Crippen LogP contribution in [0.1, 0.15) is 25.0 Å². The van der Waals surface area contributed by atoms with Crippen molar-refractivity contribution < 1.29 is 0 Å². The standard InChI is InChI=1S/C60H42N4/c1-60(2)52-29-17-15-27-46(52)49-37-51-47-28-16-18-30-54(47)64(56(51)38-53(49)60)55-34-32-44(59-62-57(41-23-11-5-12-24-41)61-58(63-59)42-25-13-6-14-26-42)36-50(55)45-33-31-43(39-19-7-3-8-20-39)35-48(45)40-21-9-4-10-22-40/h3-38H,1-2H3. The molecule has 0 saturated carbocycles. The molecular formula is C60H42N4. The molecular weight excluding hydrogens is 777 g/mol. The average Bonchev–Trinajstić information content (AvgIpc) is 3.81. The van der Waals surface area contributed by atoms with Gasteiger partial charge in [-0.1, -0.05) is 190 Å². The Bertz CT molecular complexity index is 3500. The van der Waals surface area contributed by atoms with Crippen molar-refractivity contribution in [2.24, 2.45) is 0 Å². The normalized spacial score (nSPS) is 12.7. The highest BCUT2D eigenvalue weighted by molar-refractivity contribution is 6.12. The summed E-state index contributed by atoms with van der Waals surface area (Å²) in [5, 5.41) is 2.45. The first-order valence-electron chi connectivity index (χ1n) is 21.9. The van der Waals surface area contributed by atoms with E-state index in [4.69, 9.17) is 15.0 Å². The van der Waals surface area contributed by atoms with Crippen LogP contribution in [0.2, 0.25) is 0 Å². The number of hydrogen-bond acceptors (Lipinski definition) is 3. The molecule has 0 fully saturated rings. The predicted molar refractivity (Wildman–Crippen MR) is 264 cm³/mol. The molecule has 12 rings (SSSR count). The second kappa shape index (κ2) is 15.0. The average molecular weight is 819 g/mol. The Labute approximate surface area is 372 Å². The van der Waals surface area contributed by atoms with Gasteiger partial charge in [0.1, 0.15) is 0 Å². The Balaban J connectivity index is 1.16. The first kappa shape index (κ1) is 37.5. The molecule has 2 heterocycles. The summed E-state index contributed by atoms with van der Waals surface area (Å²) in [7, 11) is 0. The summed E-state index contributed by atoms with van der Waals surface area (Å²) in [6.07, 6.45) is 0. The van der Waals surface area contributed by atoms with Crippen LogP contribution in [0.5, 0.6) is 0 Å². The Morgan fingerprint density at radius 3 is 1.52 bits per heavy atom. The first-order chi connectivity index (χ1) is 31.5. The van der Waals surface area contributed by atoms with Gasteiger partial charge in [-0.05, 0) is 92.5 Å². The quantitative estimate of drug-likeness (QED) is 0.161. The van der Waals surface area contributed by atoms with Gasteiger partial charge in [0, 0.05) is 38.4 Å². The summed E-state index contributed by atoms with van der Waals surface area (Å²) >= 11 is 0. The van der Waals surface area contributed by atoms with Crippen molar-refractivity contribution in [1.82, 2.24) is 19.5 Å². The molecule has 0 spiro atoms. The third-order valence-corrected chi connectivity index (χ3v) is 13.1. The van der Waals surface area contributed by atoms with E-state index >= 15 is 0 Å². The Morgan fingerprint density at radius 2 is 0.844 bits per heavy atom. The molecule has 4 nitrogen and oxygen atoms in total. The molecule has 9 aromatic carbocycles. The minimum absolute atomic E-state index is 0.159. The van der Waals surface area contributed by atoms with Gasteiger partial charge in [0.15, 0.2) is 17.5 Å². The lowest BCUT2D eigenvalue weighted by atomic mass is 9.82. The minimum atomic E-state index is -0.159. The maximum Gasteiger partial charge on any atom is 0.164 e. The zero-order valence-corrected chi connectivity index (χ0v) is 35.6. The number of fused-ring (bicyclic) bond motifs is 6. The zero-order valence-electron chi connectivity index (χ0n) is 35.6. The highest BCUT2D eigenvalue weighted by Crippen LogP contribution is 2.51. The fraction of sp³-hybridized carbons (Fsp3) is 0.0500. The summed E-state index contributed by atoms with van der Waals surface area (Å²) in [5.74, 6) is 1.88. The molecule has 0 atom stereocenters. The number of rotatable bonds is 7. The Kier molecular flexibility index (Phi) is 8.80. The molecule has 0 radical (unpaired) electrons. The molecule has 0 saturated heterocycles. The lowest BCUT2D eigenvalue weighted by molar-refractivity contribution is 0.661. The van der Waals surface area contributed by atoms with Gasteiger partial charge in [-0.25, -0.2) is 15.0 Å². The Morgan fingerprint density at radius 1 is 0.312 bits per heavy atom. The molecule has 1 aliphatic carbocycles. The van der Waals surface area contributed by atoms with E-state index in [-0.39, 0.29) is 5.41 Å². The minimum Gasteiger partial charge on any atom is -0.309 e. The summed E-state index contributed by atoms with van der Waals surface area (Å²) in [4.78, 5) is 15.4. The van der Waals surface area contributed by atoms with Gasteiger partial charge in [0.25, 0.3) is 0 Å². The summed E-state index contributed by atoms with van der Waals surface area (Å²) < 4.78 is 2.49. The van der Waals surface area contributed by atoms with Gasteiger partial charge < -0.3 is 4.57 Å². The second-order valence-electron chi connectivity index (χ2n) is 17.2. The molecule has 0 unspecified atom stereocenters. The van der Waals surface area contributed by atoms with Crippen LogP contribution >= 0.6 is 0 Å². The van der Waals surface area contributed by atoms with Crippen LogP contribution < -0.4 is 0 Å². The summed E-state index contributed by atoms with van der Waals surface area (Å²) in [6, 6.07) is 78.1. The molecule has 2 aromatic heterocycles. The smallest absolute Gasteiger partial charge is 0.164 e. The lowest BCUT2D eigenvalue weighted by Gasteiger charge is -2.22. The van der Waals surface area contributed by atoms with E-state index in [9.17, 15) is 0 Å². The highest BCUT2D eigenvalue weighted by atomic mass is 15.0. The largest absolute Gasteiger partial charge is 0.309 e. The second-order valence-corrected chi connectivity index (χ2v) is 17.2. The van der Waals surface area contributed by atoms with Crippen molar-refractivity contribution in [2.45, 2.75) is 19.3 Å². The molecule has 11 aromatic rings. The van der Waals surface area contributed by atoms with Crippen molar-refractivity contribution in [2.75, 3.05) is 0 Å². The number of benzene rings is 9.